The van der Waals surface area contributed by atoms with Crippen LogP contribution in [-0.4, -0.2) is 64.9 Å². The van der Waals surface area contributed by atoms with Crippen LogP contribution in [0.3, 0.4) is 0 Å². The molecular formula is C34H66NO10P. The summed E-state index contributed by atoms with van der Waals surface area (Å²) >= 11 is 0. The third-order valence-electron chi connectivity index (χ3n) is 7.90. The van der Waals surface area contributed by atoms with Gasteiger partial charge in [0.2, 0.25) is 5.91 Å². The van der Waals surface area contributed by atoms with Crippen LogP contribution >= 0.6 is 7.82 Å². The number of nitrogens with one attached hydrogen (secondary N) is 1. The summed E-state index contributed by atoms with van der Waals surface area (Å²) < 4.78 is 26.6. The number of hydrogen-bond donors (Lipinski definition) is 4. The molecule has 3 unspecified atom stereocenters. The van der Waals surface area contributed by atoms with Gasteiger partial charge in [0.15, 0.2) is 6.04 Å². The summed E-state index contributed by atoms with van der Waals surface area (Å²) in [6.07, 6.45) is 24.3. The molecule has 0 fully saturated rings. The zero-order valence-electron chi connectivity index (χ0n) is 28.9. The zero-order chi connectivity index (χ0) is 34.3. The standard InChI is InChI=1S/C34H66NO10P/c1-3-5-7-9-11-13-15-16-17-19-21-23-25-32(37)35-31(34(39)40)29-45-46(41,42)44-28-30(36)27-43-33(38)26-24-22-20-18-14-12-10-8-6-4-2/h30-31,36H,3-29H2,1-2H3,(H,35,37)(H,39,40)(H,41,42). The molecule has 4 N–H and O–H groups in total. The number of phosphoric ester groups is 1. The fourth-order valence-electron chi connectivity index (χ4n) is 5.02. The average molecular weight is 680 g/mol. The molecule has 11 nitrogen and oxygen atoms in total. The number of hydrogen-bond acceptors (Lipinski definition) is 8. The van der Waals surface area contributed by atoms with Crippen molar-refractivity contribution in [2.24, 2.45) is 0 Å². The summed E-state index contributed by atoms with van der Waals surface area (Å²) in [7, 11) is -4.74. The summed E-state index contributed by atoms with van der Waals surface area (Å²) in [4.78, 5) is 45.5. The first-order valence-electron chi connectivity index (χ1n) is 18.1. The van der Waals surface area contributed by atoms with Gasteiger partial charge in [0.05, 0.1) is 13.2 Å². The van der Waals surface area contributed by atoms with Crippen LogP contribution < -0.4 is 5.32 Å². The first kappa shape index (κ1) is 44.5. The first-order chi connectivity index (χ1) is 22.1. The molecule has 1 amide bonds. The number of unbranched alkanes of at least 4 members (excludes halogenated alkanes) is 20. The highest BCUT2D eigenvalue weighted by atomic mass is 31.2. The van der Waals surface area contributed by atoms with Crippen LogP contribution in [-0.2, 0) is 32.7 Å². The monoisotopic (exact) mass is 679 g/mol. The van der Waals surface area contributed by atoms with E-state index in [2.05, 4.69) is 19.2 Å². The van der Waals surface area contributed by atoms with Crippen molar-refractivity contribution in [1.82, 2.24) is 5.32 Å². The van der Waals surface area contributed by atoms with Crippen molar-refractivity contribution in [2.45, 2.75) is 180 Å². The van der Waals surface area contributed by atoms with Gasteiger partial charge < -0.3 is 25.2 Å². The van der Waals surface area contributed by atoms with E-state index in [1.165, 1.54) is 89.9 Å². The Morgan fingerprint density at radius 2 is 1.00 bits per heavy atom. The summed E-state index contributed by atoms with van der Waals surface area (Å²) in [5.41, 5.74) is 0. The molecule has 0 aromatic heterocycles. The molecule has 272 valence electrons. The Balaban J connectivity index is 3.99. The van der Waals surface area contributed by atoms with E-state index in [9.17, 15) is 34.1 Å². The third kappa shape index (κ3) is 29.9. The van der Waals surface area contributed by atoms with Gasteiger partial charge in [0, 0.05) is 12.8 Å². The lowest BCUT2D eigenvalue weighted by molar-refractivity contribution is -0.147. The number of aliphatic hydroxyl groups excluding tert-OH is 1. The van der Waals surface area contributed by atoms with Crippen LogP contribution in [0.5, 0.6) is 0 Å². The predicted molar refractivity (Wildman–Crippen MR) is 180 cm³/mol. The smallest absolute Gasteiger partial charge is 0.472 e. The lowest BCUT2D eigenvalue weighted by Crippen LogP contribution is -2.43. The number of phosphoric acid groups is 1. The normalized spacial score (nSPS) is 14.0. The van der Waals surface area contributed by atoms with Crippen molar-refractivity contribution < 1.29 is 47.8 Å². The van der Waals surface area contributed by atoms with Gasteiger partial charge in [-0.25, -0.2) is 9.36 Å². The molecule has 0 saturated carbocycles. The van der Waals surface area contributed by atoms with E-state index in [0.29, 0.717) is 12.8 Å². The Bertz CT molecular complexity index is 813. The minimum atomic E-state index is -4.74. The number of carboxylic acids is 1. The van der Waals surface area contributed by atoms with Crippen molar-refractivity contribution in [3.8, 4) is 0 Å². The highest BCUT2D eigenvalue weighted by molar-refractivity contribution is 7.47. The van der Waals surface area contributed by atoms with Gasteiger partial charge in [-0.3, -0.25) is 18.6 Å². The number of carbonyl (C=O) groups is 3. The quantitative estimate of drug-likeness (QED) is 0.0297. The van der Waals surface area contributed by atoms with E-state index >= 15 is 0 Å². The van der Waals surface area contributed by atoms with E-state index in [0.717, 1.165) is 38.5 Å². The van der Waals surface area contributed by atoms with Crippen LogP contribution in [0, 0.1) is 0 Å². The Morgan fingerprint density at radius 3 is 1.43 bits per heavy atom. The fourth-order valence-corrected chi connectivity index (χ4v) is 5.79. The molecule has 0 rings (SSSR count). The molecule has 3 atom stereocenters. The first-order valence-corrected chi connectivity index (χ1v) is 19.6. The fraction of sp³-hybridized carbons (Fsp3) is 0.912. The van der Waals surface area contributed by atoms with E-state index in [4.69, 9.17) is 13.8 Å². The summed E-state index contributed by atoms with van der Waals surface area (Å²) in [5.74, 6) is -2.37. The van der Waals surface area contributed by atoms with Crippen LogP contribution in [0.2, 0.25) is 0 Å². The van der Waals surface area contributed by atoms with Gasteiger partial charge >= 0.3 is 19.8 Å². The van der Waals surface area contributed by atoms with Crippen LogP contribution in [0.25, 0.3) is 0 Å². The number of carboxylic acid groups (broad SMARTS) is 1. The van der Waals surface area contributed by atoms with Crippen LogP contribution in [0.1, 0.15) is 168 Å². The number of ether oxygens (including phenoxy) is 1. The SMILES string of the molecule is CCCCCCCCCCCCCCC(=O)NC(COP(=O)(O)OCC(O)COC(=O)CCCCCCCCCCCC)C(=O)O. The number of amides is 1. The Hall–Kier alpha value is -1.52. The van der Waals surface area contributed by atoms with Gasteiger partial charge in [0.25, 0.3) is 0 Å². The Labute approximate surface area is 278 Å². The molecule has 12 heteroatoms. The van der Waals surface area contributed by atoms with Crippen molar-refractivity contribution in [3.05, 3.63) is 0 Å². The molecule has 0 bridgehead atoms. The summed E-state index contributed by atoms with van der Waals surface area (Å²) in [5, 5.41) is 21.7. The highest BCUT2D eigenvalue weighted by Gasteiger charge is 2.28. The molecular weight excluding hydrogens is 613 g/mol. The minimum absolute atomic E-state index is 0.151. The van der Waals surface area contributed by atoms with Gasteiger partial charge in [0.1, 0.15) is 12.7 Å². The van der Waals surface area contributed by atoms with E-state index in [-0.39, 0.29) is 12.8 Å². The van der Waals surface area contributed by atoms with Gasteiger partial charge in [-0.2, -0.15) is 0 Å². The zero-order valence-corrected chi connectivity index (χ0v) is 29.8. The lowest BCUT2D eigenvalue weighted by atomic mass is 10.0. The average Bonchev–Trinajstić information content (AvgIpc) is 3.02. The molecule has 0 aliphatic rings. The number of rotatable bonds is 34. The molecule has 0 aromatic rings. The molecule has 0 radical (unpaired) electrons. The maximum atomic E-state index is 12.2. The molecule has 0 heterocycles. The van der Waals surface area contributed by atoms with Gasteiger partial charge in [-0.1, -0.05) is 142 Å². The largest absolute Gasteiger partial charge is 0.480 e. The second-order valence-electron chi connectivity index (χ2n) is 12.4. The Kier molecular flexibility index (Phi) is 29.8. The van der Waals surface area contributed by atoms with E-state index in [1.54, 1.807) is 0 Å². The Morgan fingerprint density at radius 1 is 0.609 bits per heavy atom. The molecule has 0 aromatic carbocycles. The number of carbonyl (C=O) groups excluding carboxylic acids is 2. The number of aliphatic hydroxyl groups is 1. The molecule has 46 heavy (non-hydrogen) atoms. The third-order valence-corrected chi connectivity index (χ3v) is 8.85. The number of esters is 1. The van der Waals surface area contributed by atoms with Gasteiger partial charge in [-0.15, -0.1) is 0 Å². The molecule has 0 aliphatic heterocycles. The highest BCUT2D eigenvalue weighted by Crippen LogP contribution is 2.43. The predicted octanol–water partition coefficient (Wildman–Crippen LogP) is 8.00. The number of aliphatic carboxylic acids is 1. The van der Waals surface area contributed by atoms with E-state index in [1.807, 2.05) is 0 Å². The maximum Gasteiger partial charge on any atom is 0.472 e. The molecule has 0 spiro atoms. The lowest BCUT2D eigenvalue weighted by Gasteiger charge is -2.18. The second-order valence-corrected chi connectivity index (χ2v) is 13.9. The van der Waals surface area contributed by atoms with Gasteiger partial charge in [-0.05, 0) is 12.8 Å². The summed E-state index contributed by atoms with van der Waals surface area (Å²) in [6, 6.07) is -1.54. The second kappa shape index (κ2) is 30.8. The van der Waals surface area contributed by atoms with Crippen LogP contribution in [0.15, 0.2) is 0 Å². The maximum absolute atomic E-state index is 12.2. The minimum Gasteiger partial charge on any atom is -0.480 e. The van der Waals surface area contributed by atoms with Crippen molar-refractivity contribution in [3.63, 3.8) is 0 Å². The van der Waals surface area contributed by atoms with E-state index < -0.39 is 57.6 Å². The van der Waals surface area contributed by atoms with Crippen molar-refractivity contribution >= 4 is 25.7 Å². The van der Waals surface area contributed by atoms with Crippen LogP contribution in [0.4, 0.5) is 0 Å². The van der Waals surface area contributed by atoms with Crippen molar-refractivity contribution in [2.75, 3.05) is 19.8 Å². The molecule has 0 aliphatic carbocycles. The topological polar surface area (TPSA) is 169 Å². The summed E-state index contributed by atoms with van der Waals surface area (Å²) in [6.45, 7) is 2.55. The van der Waals surface area contributed by atoms with Crippen molar-refractivity contribution in [1.29, 1.82) is 0 Å². The molecule has 0 saturated heterocycles.